The fraction of sp³-hybridized carbons (Fsp3) is 0.333. The van der Waals surface area contributed by atoms with Gasteiger partial charge in [-0.25, -0.2) is 4.39 Å². The second kappa shape index (κ2) is 7.18. The molecular formula is C18H18FN5O3. The normalized spacial score (nSPS) is 16.7. The molecule has 9 heteroatoms. The Balaban J connectivity index is 1.44. The fourth-order valence-electron chi connectivity index (χ4n) is 3.15. The van der Waals surface area contributed by atoms with Gasteiger partial charge in [-0.2, -0.15) is 10.1 Å². The van der Waals surface area contributed by atoms with Gasteiger partial charge in [0.15, 0.2) is 12.4 Å². The maximum absolute atomic E-state index is 12.9. The summed E-state index contributed by atoms with van der Waals surface area (Å²) in [5.41, 5.74) is 0.519. The van der Waals surface area contributed by atoms with Crippen molar-refractivity contribution in [1.29, 1.82) is 0 Å². The van der Waals surface area contributed by atoms with Crippen LogP contribution in [-0.2, 0) is 13.7 Å². The van der Waals surface area contributed by atoms with Crippen molar-refractivity contribution in [2.45, 2.75) is 25.5 Å². The zero-order valence-corrected chi connectivity index (χ0v) is 14.7. The molecule has 27 heavy (non-hydrogen) atoms. The molecule has 1 fully saturated rings. The molecular weight excluding hydrogens is 353 g/mol. The summed E-state index contributed by atoms with van der Waals surface area (Å²) in [6.45, 7) is 0.700. The molecule has 1 unspecified atom stereocenters. The van der Waals surface area contributed by atoms with Crippen molar-refractivity contribution >= 4 is 5.91 Å². The van der Waals surface area contributed by atoms with E-state index in [2.05, 4.69) is 15.2 Å². The first-order valence-electron chi connectivity index (χ1n) is 8.61. The summed E-state index contributed by atoms with van der Waals surface area (Å²) >= 11 is 0. The number of benzene rings is 1. The lowest BCUT2D eigenvalue weighted by Gasteiger charge is -2.22. The molecule has 140 valence electrons. The standard InChI is InChI=1S/C18H18FN5O3/c1-23-15(8-9-20-23)18(25)24-10-2-3-14(24)17-21-16(27-22-17)11-26-13-6-4-12(19)5-7-13/h4-9,14H,2-3,10-11H2,1H3. The van der Waals surface area contributed by atoms with Crippen LogP contribution in [0, 0.1) is 5.82 Å². The average Bonchev–Trinajstić information content (AvgIpc) is 3.41. The van der Waals surface area contributed by atoms with Crippen molar-refractivity contribution < 1.29 is 18.4 Å². The number of ether oxygens (including phenoxy) is 1. The lowest BCUT2D eigenvalue weighted by molar-refractivity contribution is 0.0717. The minimum absolute atomic E-state index is 0.0705. The van der Waals surface area contributed by atoms with Gasteiger partial charge in [-0.1, -0.05) is 5.16 Å². The van der Waals surface area contributed by atoms with E-state index < -0.39 is 0 Å². The Hall–Kier alpha value is -3.23. The number of aryl methyl sites for hydroxylation is 1. The highest BCUT2D eigenvalue weighted by Crippen LogP contribution is 2.31. The predicted octanol–water partition coefficient (Wildman–Crippen LogP) is 2.50. The number of rotatable bonds is 5. The number of likely N-dealkylation sites (tertiary alicyclic amines) is 1. The van der Waals surface area contributed by atoms with Crippen LogP contribution in [0.2, 0.25) is 0 Å². The van der Waals surface area contributed by atoms with Crippen molar-refractivity contribution in [2.75, 3.05) is 6.54 Å². The lowest BCUT2D eigenvalue weighted by atomic mass is 10.2. The van der Waals surface area contributed by atoms with Gasteiger partial charge in [0.1, 0.15) is 17.3 Å². The minimum Gasteiger partial charge on any atom is -0.484 e. The third kappa shape index (κ3) is 3.53. The van der Waals surface area contributed by atoms with E-state index in [1.54, 1.807) is 28.9 Å². The summed E-state index contributed by atoms with van der Waals surface area (Å²) in [7, 11) is 1.73. The molecule has 1 aliphatic heterocycles. The zero-order valence-electron chi connectivity index (χ0n) is 14.7. The first-order valence-corrected chi connectivity index (χ1v) is 8.61. The second-order valence-corrected chi connectivity index (χ2v) is 6.29. The molecule has 0 bridgehead atoms. The molecule has 1 aliphatic rings. The van der Waals surface area contributed by atoms with E-state index in [4.69, 9.17) is 9.26 Å². The molecule has 1 saturated heterocycles. The molecule has 0 saturated carbocycles. The SMILES string of the molecule is Cn1nccc1C(=O)N1CCCC1c1noc(COc2ccc(F)cc2)n1. The Bertz CT molecular complexity index is 937. The van der Waals surface area contributed by atoms with Crippen LogP contribution in [-0.4, -0.2) is 37.3 Å². The van der Waals surface area contributed by atoms with Crippen molar-refractivity contribution in [2.24, 2.45) is 7.05 Å². The summed E-state index contributed by atoms with van der Waals surface area (Å²) in [5, 5.41) is 8.07. The third-order valence-electron chi connectivity index (χ3n) is 4.51. The van der Waals surface area contributed by atoms with Gasteiger partial charge in [-0.05, 0) is 43.2 Å². The Kier molecular flexibility index (Phi) is 4.57. The van der Waals surface area contributed by atoms with Gasteiger partial charge in [-0.3, -0.25) is 9.48 Å². The van der Waals surface area contributed by atoms with Gasteiger partial charge in [0.2, 0.25) is 0 Å². The Morgan fingerprint density at radius 2 is 2.15 bits per heavy atom. The van der Waals surface area contributed by atoms with Crippen LogP contribution in [0.5, 0.6) is 5.75 Å². The van der Waals surface area contributed by atoms with Crippen LogP contribution in [0.1, 0.15) is 41.1 Å². The highest BCUT2D eigenvalue weighted by molar-refractivity contribution is 5.92. The number of aromatic nitrogens is 4. The molecule has 1 atom stereocenters. The largest absolute Gasteiger partial charge is 0.484 e. The number of nitrogens with zero attached hydrogens (tertiary/aromatic N) is 5. The maximum Gasteiger partial charge on any atom is 0.272 e. The molecule has 0 N–H and O–H groups in total. The zero-order chi connectivity index (χ0) is 18.8. The van der Waals surface area contributed by atoms with Crippen LogP contribution in [0.4, 0.5) is 4.39 Å². The topological polar surface area (TPSA) is 86.3 Å². The first kappa shape index (κ1) is 17.2. The molecule has 1 amide bonds. The van der Waals surface area contributed by atoms with Crippen LogP contribution >= 0.6 is 0 Å². The molecule has 8 nitrogen and oxygen atoms in total. The van der Waals surface area contributed by atoms with Gasteiger partial charge >= 0.3 is 0 Å². The van der Waals surface area contributed by atoms with E-state index in [0.29, 0.717) is 29.7 Å². The first-order chi connectivity index (χ1) is 13.1. The van der Waals surface area contributed by atoms with Gasteiger partial charge in [0.25, 0.3) is 11.8 Å². The molecule has 0 radical (unpaired) electrons. The Labute approximate surface area is 154 Å². The highest BCUT2D eigenvalue weighted by Gasteiger charge is 2.34. The summed E-state index contributed by atoms with van der Waals surface area (Å²) in [5.74, 6) is 0.827. The number of amides is 1. The molecule has 3 heterocycles. The Morgan fingerprint density at radius 3 is 2.89 bits per heavy atom. The average molecular weight is 371 g/mol. The van der Waals surface area contributed by atoms with E-state index in [0.717, 1.165) is 12.8 Å². The molecule has 1 aromatic carbocycles. The predicted molar refractivity (Wildman–Crippen MR) is 91.2 cm³/mol. The van der Waals surface area contributed by atoms with E-state index in [9.17, 15) is 9.18 Å². The lowest BCUT2D eigenvalue weighted by Crippen LogP contribution is -2.32. The van der Waals surface area contributed by atoms with Crippen LogP contribution in [0.25, 0.3) is 0 Å². The van der Waals surface area contributed by atoms with E-state index >= 15 is 0 Å². The molecule has 3 aromatic rings. The van der Waals surface area contributed by atoms with Crippen molar-refractivity contribution in [3.05, 3.63) is 59.8 Å². The summed E-state index contributed by atoms with van der Waals surface area (Å²) < 4.78 is 25.2. The summed E-state index contributed by atoms with van der Waals surface area (Å²) in [4.78, 5) is 18.9. The van der Waals surface area contributed by atoms with Gasteiger partial charge < -0.3 is 14.2 Å². The number of carbonyl (C=O) groups excluding carboxylic acids is 1. The number of halogens is 1. The quantitative estimate of drug-likeness (QED) is 0.685. The van der Waals surface area contributed by atoms with E-state index in [1.165, 1.54) is 24.3 Å². The number of hydrogen-bond acceptors (Lipinski definition) is 6. The summed E-state index contributed by atoms with van der Waals surface area (Å²) in [6, 6.07) is 7.13. The van der Waals surface area contributed by atoms with Crippen molar-refractivity contribution in [1.82, 2.24) is 24.8 Å². The monoisotopic (exact) mass is 371 g/mol. The molecule has 0 aliphatic carbocycles. The van der Waals surface area contributed by atoms with Gasteiger partial charge in [0, 0.05) is 19.8 Å². The van der Waals surface area contributed by atoms with Crippen LogP contribution < -0.4 is 4.74 Å². The van der Waals surface area contributed by atoms with Crippen LogP contribution in [0.15, 0.2) is 41.1 Å². The smallest absolute Gasteiger partial charge is 0.272 e. The molecule has 4 rings (SSSR count). The Morgan fingerprint density at radius 1 is 1.33 bits per heavy atom. The van der Waals surface area contributed by atoms with E-state index in [-0.39, 0.29) is 24.4 Å². The van der Waals surface area contributed by atoms with Gasteiger partial charge in [-0.15, -0.1) is 0 Å². The summed E-state index contributed by atoms with van der Waals surface area (Å²) in [6.07, 6.45) is 3.23. The number of carbonyl (C=O) groups is 1. The maximum atomic E-state index is 12.9. The van der Waals surface area contributed by atoms with Crippen LogP contribution in [0.3, 0.4) is 0 Å². The highest BCUT2D eigenvalue weighted by atomic mass is 19.1. The minimum atomic E-state index is -0.332. The van der Waals surface area contributed by atoms with Crippen molar-refractivity contribution in [3.8, 4) is 5.75 Å². The van der Waals surface area contributed by atoms with E-state index in [1.807, 2.05) is 0 Å². The third-order valence-corrected chi connectivity index (χ3v) is 4.51. The second-order valence-electron chi connectivity index (χ2n) is 6.29. The van der Waals surface area contributed by atoms with Gasteiger partial charge in [0.05, 0.1) is 6.04 Å². The fourth-order valence-corrected chi connectivity index (χ4v) is 3.15. The number of hydrogen-bond donors (Lipinski definition) is 0. The van der Waals surface area contributed by atoms with Crippen molar-refractivity contribution in [3.63, 3.8) is 0 Å². The molecule has 2 aromatic heterocycles. The molecule has 0 spiro atoms.